The fourth-order valence-electron chi connectivity index (χ4n) is 2.71. The van der Waals surface area contributed by atoms with Gasteiger partial charge in [0.05, 0.1) is 23.7 Å². The Morgan fingerprint density at radius 1 is 1.11 bits per heavy atom. The molecule has 0 bridgehead atoms. The number of methoxy groups -OCH3 is 1. The fraction of sp³-hybridized carbons (Fsp3) is 0.273. The van der Waals surface area contributed by atoms with E-state index in [4.69, 9.17) is 4.74 Å². The van der Waals surface area contributed by atoms with Crippen molar-refractivity contribution < 1.29 is 9.53 Å². The molecule has 5 heteroatoms. The number of thioether (sulfide) groups is 1. The predicted molar refractivity (Wildman–Crippen MR) is 113 cm³/mol. The highest BCUT2D eigenvalue weighted by Crippen LogP contribution is 2.34. The highest BCUT2D eigenvalue weighted by Gasteiger charge is 2.33. The summed E-state index contributed by atoms with van der Waals surface area (Å²) in [5.41, 5.74) is 3.14. The molecule has 1 aliphatic rings. The molecule has 1 fully saturated rings. The van der Waals surface area contributed by atoms with Crippen LogP contribution in [0.15, 0.2) is 64.5 Å². The van der Waals surface area contributed by atoms with Crippen molar-refractivity contribution in [1.29, 1.82) is 0 Å². The maximum Gasteiger partial charge on any atom is 0.266 e. The minimum Gasteiger partial charge on any atom is -0.383 e. The van der Waals surface area contributed by atoms with Crippen LogP contribution in [0.2, 0.25) is 0 Å². The molecule has 2 aromatic rings. The van der Waals surface area contributed by atoms with E-state index in [0.29, 0.717) is 29.1 Å². The summed E-state index contributed by atoms with van der Waals surface area (Å²) in [6.45, 7) is 5.29. The first-order valence-corrected chi connectivity index (χ1v) is 9.84. The molecule has 0 aliphatic carbocycles. The fourth-order valence-corrected chi connectivity index (χ4v) is 3.74. The Labute approximate surface area is 164 Å². The number of amidine groups is 1. The van der Waals surface area contributed by atoms with Gasteiger partial charge in [-0.25, -0.2) is 4.99 Å². The molecule has 0 aromatic heterocycles. The summed E-state index contributed by atoms with van der Waals surface area (Å²) in [5.74, 6) is 0.461. The second-order valence-electron chi connectivity index (χ2n) is 6.61. The normalized spacial score (nSPS) is 17.5. The molecular formula is C22H24N2O2S. The zero-order valence-corrected chi connectivity index (χ0v) is 16.7. The molecule has 0 radical (unpaired) electrons. The third-order valence-corrected chi connectivity index (χ3v) is 5.30. The van der Waals surface area contributed by atoms with E-state index in [1.165, 1.54) is 17.3 Å². The Balaban J connectivity index is 1.88. The zero-order chi connectivity index (χ0) is 19.2. The quantitative estimate of drug-likeness (QED) is 0.658. The summed E-state index contributed by atoms with van der Waals surface area (Å²) in [6, 6.07) is 18.0. The van der Waals surface area contributed by atoms with E-state index >= 15 is 0 Å². The third-order valence-electron chi connectivity index (χ3n) is 4.29. The first-order chi connectivity index (χ1) is 13.1. The van der Waals surface area contributed by atoms with Crippen LogP contribution >= 0.6 is 11.8 Å². The standard InChI is InChI=1S/C22H24N2O2S/c1-16(2)18-11-9-17(10-12-18)15-20-21(25)24(13-14-26-3)22(27-20)23-19-7-5-4-6-8-19/h4-12,15-16H,13-14H2,1-3H3/b20-15+,23-22?. The average Bonchev–Trinajstić information content (AvgIpc) is 2.96. The lowest BCUT2D eigenvalue weighted by atomic mass is 10.0. The van der Waals surface area contributed by atoms with Crippen LogP contribution in [0, 0.1) is 0 Å². The van der Waals surface area contributed by atoms with Crippen molar-refractivity contribution in [1.82, 2.24) is 4.90 Å². The lowest BCUT2D eigenvalue weighted by molar-refractivity contribution is -0.122. The number of hydrogen-bond acceptors (Lipinski definition) is 4. The molecule has 0 saturated carbocycles. The SMILES string of the molecule is COCCN1C(=O)/C(=C\c2ccc(C(C)C)cc2)SC1=Nc1ccccc1. The van der Waals surface area contributed by atoms with Crippen LogP contribution in [0.3, 0.4) is 0 Å². The number of carbonyl (C=O) groups is 1. The van der Waals surface area contributed by atoms with Crippen molar-refractivity contribution in [2.24, 2.45) is 4.99 Å². The van der Waals surface area contributed by atoms with E-state index in [2.05, 4.69) is 43.1 Å². The summed E-state index contributed by atoms with van der Waals surface area (Å²) < 4.78 is 5.16. The van der Waals surface area contributed by atoms with Crippen LogP contribution in [0.25, 0.3) is 6.08 Å². The van der Waals surface area contributed by atoms with Gasteiger partial charge in [-0.15, -0.1) is 0 Å². The highest BCUT2D eigenvalue weighted by molar-refractivity contribution is 8.18. The van der Waals surface area contributed by atoms with Crippen LogP contribution in [0.1, 0.15) is 30.9 Å². The second-order valence-corrected chi connectivity index (χ2v) is 7.62. The Hall–Kier alpha value is -2.37. The Morgan fingerprint density at radius 2 is 1.81 bits per heavy atom. The summed E-state index contributed by atoms with van der Waals surface area (Å²) >= 11 is 1.41. The van der Waals surface area contributed by atoms with Gasteiger partial charge >= 0.3 is 0 Å². The Bertz CT molecular complexity index is 842. The Morgan fingerprint density at radius 3 is 2.44 bits per heavy atom. The van der Waals surface area contributed by atoms with E-state index in [1.54, 1.807) is 12.0 Å². The van der Waals surface area contributed by atoms with E-state index in [-0.39, 0.29) is 5.91 Å². The molecule has 0 spiro atoms. The van der Waals surface area contributed by atoms with E-state index in [1.807, 2.05) is 36.4 Å². The van der Waals surface area contributed by atoms with Crippen LogP contribution in [0.5, 0.6) is 0 Å². The van der Waals surface area contributed by atoms with Crippen molar-refractivity contribution in [2.45, 2.75) is 19.8 Å². The number of nitrogens with zero attached hydrogens (tertiary/aromatic N) is 2. The molecule has 1 heterocycles. The molecule has 2 aromatic carbocycles. The first kappa shape index (κ1) is 19.4. The number of ether oxygens (including phenoxy) is 1. The molecule has 1 saturated heterocycles. The van der Waals surface area contributed by atoms with Gasteiger partial charge in [0.15, 0.2) is 5.17 Å². The van der Waals surface area contributed by atoms with Gasteiger partial charge in [0.25, 0.3) is 5.91 Å². The zero-order valence-electron chi connectivity index (χ0n) is 15.9. The van der Waals surface area contributed by atoms with Gasteiger partial charge in [0.2, 0.25) is 0 Å². The van der Waals surface area contributed by atoms with E-state index in [0.717, 1.165) is 11.3 Å². The van der Waals surface area contributed by atoms with Gasteiger partial charge in [-0.05, 0) is 47.0 Å². The molecule has 3 rings (SSSR count). The van der Waals surface area contributed by atoms with Crippen LogP contribution in [0.4, 0.5) is 5.69 Å². The summed E-state index contributed by atoms with van der Waals surface area (Å²) in [5, 5.41) is 0.688. The molecule has 27 heavy (non-hydrogen) atoms. The number of rotatable bonds is 6. The van der Waals surface area contributed by atoms with Gasteiger partial charge < -0.3 is 4.74 Å². The van der Waals surface area contributed by atoms with Crippen LogP contribution in [-0.4, -0.2) is 36.2 Å². The molecule has 0 unspecified atom stereocenters. The lowest BCUT2D eigenvalue weighted by Crippen LogP contribution is -2.32. The molecular weight excluding hydrogens is 356 g/mol. The maximum absolute atomic E-state index is 12.9. The molecule has 0 atom stereocenters. The minimum atomic E-state index is -0.0281. The van der Waals surface area contributed by atoms with Crippen molar-refractivity contribution in [3.63, 3.8) is 0 Å². The first-order valence-electron chi connectivity index (χ1n) is 9.02. The van der Waals surface area contributed by atoms with Gasteiger partial charge in [-0.2, -0.15) is 0 Å². The number of aliphatic imine (C=N–C) groups is 1. The van der Waals surface area contributed by atoms with Crippen LogP contribution in [-0.2, 0) is 9.53 Å². The molecule has 1 amide bonds. The number of hydrogen-bond donors (Lipinski definition) is 0. The second kappa shape index (κ2) is 9.02. The van der Waals surface area contributed by atoms with Crippen LogP contribution < -0.4 is 0 Å². The van der Waals surface area contributed by atoms with Crippen molar-refractivity contribution in [2.75, 3.05) is 20.3 Å². The summed E-state index contributed by atoms with van der Waals surface area (Å²) in [4.78, 5) is 19.9. The van der Waals surface area contributed by atoms with Gasteiger partial charge in [-0.1, -0.05) is 56.3 Å². The lowest BCUT2D eigenvalue weighted by Gasteiger charge is -2.14. The van der Waals surface area contributed by atoms with Crippen molar-refractivity contribution in [3.8, 4) is 0 Å². The minimum absolute atomic E-state index is 0.0281. The number of para-hydroxylation sites is 1. The topological polar surface area (TPSA) is 41.9 Å². The van der Waals surface area contributed by atoms with Gasteiger partial charge in [0.1, 0.15) is 0 Å². The highest BCUT2D eigenvalue weighted by atomic mass is 32.2. The number of amides is 1. The number of benzene rings is 2. The average molecular weight is 381 g/mol. The van der Waals surface area contributed by atoms with Crippen molar-refractivity contribution in [3.05, 3.63) is 70.6 Å². The smallest absolute Gasteiger partial charge is 0.266 e. The molecule has 140 valence electrons. The van der Waals surface area contributed by atoms with Gasteiger partial charge in [-0.3, -0.25) is 9.69 Å². The summed E-state index contributed by atoms with van der Waals surface area (Å²) in [7, 11) is 1.63. The Kier molecular flexibility index (Phi) is 6.48. The number of carbonyl (C=O) groups excluding carboxylic acids is 1. The molecule has 4 nitrogen and oxygen atoms in total. The predicted octanol–water partition coefficient (Wildman–Crippen LogP) is 5.06. The largest absolute Gasteiger partial charge is 0.383 e. The summed E-state index contributed by atoms with van der Waals surface area (Å²) in [6.07, 6.45) is 1.93. The van der Waals surface area contributed by atoms with E-state index < -0.39 is 0 Å². The molecule has 1 aliphatic heterocycles. The maximum atomic E-state index is 12.9. The van der Waals surface area contributed by atoms with Crippen molar-refractivity contribution >= 4 is 34.6 Å². The monoisotopic (exact) mass is 380 g/mol. The van der Waals surface area contributed by atoms with Gasteiger partial charge in [0, 0.05) is 7.11 Å². The van der Waals surface area contributed by atoms with E-state index in [9.17, 15) is 4.79 Å². The third kappa shape index (κ3) is 4.87. The molecule has 0 N–H and O–H groups in total.